The zero-order valence-corrected chi connectivity index (χ0v) is 16.3. The first-order valence-electron chi connectivity index (χ1n) is 9.10. The van der Waals surface area contributed by atoms with Gasteiger partial charge in [0.25, 0.3) is 0 Å². The van der Waals surface area contributed by atoms with Crippen LogP contribution < -0.4 is 10.2 Å². The molecule has 0 spiro atoms. The Hall–Kier alpha value is -2.98. The summed E-state index contributed by atoms with van der Waals surface area (Å²) >= 11 is 0. The molecular weight excluding hydrogens is 411 g/mol. The fraction of sp³-hybridized carbons (Fsp3) is 0.421. The highest BCUT2D eigenvalue weighted by Gasteiger charge is 2.39. The number of carbonyl (C=O) groups is 1. The van der Waals surface area contributed by atoms with Gasteiger partial charge in [0.15, 0.2) is 11.6 Å². The number of aromatic nitrogens is 2. The second-order valence-corrected chi connectivity index (χ2v) is 7.22. The molecule has 1 aliphatic rings. The van der Waals surface area contributed by atoms with E-state index >= 15 is 0 Å². The van der Waals surface area contributed by atoms with Gasteiger partial charge in [-0.2, -0.15) is 18.2 Å². The normalized spacial score (nSPS) is 18.0. The number of alkyl halides is 3. The van der Waals surface area contributed by atoms with Gasteiger partial charge in [0.05, 0.1) is 23.8 Å². The summed E-state index contributed by atoms with van der Waals surface area (Å²) in [6, 6.07) is 0.905. The number of hydrogen-bond donors (Lipinski definition) is 1. The van der Waals surface area contributed by atoms with Gasteiger partial charge in [0.1, 0.15) is 12.4 Å². The maximum Gasteiger partial charge on any atom is 0.416 e. The van der Waals surface area contributed by atoms with Gasteiger partial charge in [-0.05, 0) is 25.0 Å². The van der Waals surface area contributed by atoms with Crippen LogP contribution in [0.5, 0.6) is 0 Å². The molecule has 0 radical (unpaired) electrons. The lowest BCUT2D eigenvalue weighted by Crippen LogP contribution is -2.38. The number of halogens is 5. The molecule has 162 valence electrons. The largest absolute Gasteiger partial charge is 0.447 e. The van der Waals surface area contributed by atoms with Crippen LogP contribution >= 0.6 is 0 Å². The van der Waals surface area contributed by atoms with Gasteiger partial charge < -0.3 is 10.1 Å². The lowest BCUT2D eigenvalue weighted by atomic mass is 10.0. The van der Waals surface area contributed by atoms with Gasteiger partial charge in [-0.15, -0.1) is 0 Å². The zero-order valence-electron chi connectivity index (χ0n) is 16.3. The summed E-state index contributed by atoms with van der Waals surface area (Å²) in [5.74, 6) is -2.37. The van der Waals surface area contributed by atoms with Gasteiger partial charge in [-0.1, -0.05) is 19.9 Å². The zero-order chi connectivity index (χ0) is 22.2. The summed E-state index contributed by atoms with van der Waals surface area (Å²) in [4.78, 5) is 21.0. The summed E-state index contributed by atoms with van der Waals surface area (Å²) < 4.78 is 71.7. The number of hydrogen-bond acceptors (Lipinski definition) is 5. The highest BCUT2D eigenvalue weighted by molar-refractivity contribution is 5.89. The first-order valence-corrected chi connectivity index (χ1v) is 9.10. The molecule has 1 fully saturated rings. The van der Waals surface area contributed by atoms with Gasteiger partial charge in [0.2, 0.25) is 5.95 Å². The van der Waals surface area contributed by atoms with E-state index in [9.17, 15) is 26.7 Å². The molecule has 1 aromatic carbocycles. The van der Waals surface area contributed by atoms with Gasteiger partial charge in [-0.3, -0.25) is 4.90 Å². The van der Waals surface area contributed by atoms with E-state index in [1.807, 2.05) is 13.8 Å². The van der Waals surface area contributed by atoms with E-state index in [4.69, 9.17) is 4.74 Å². The summed E-state index contributed by atoms with van der Waals surface area (Å²) in [6.45, 7) is 5.25. The van der Waals surface area contributed by atoms with Crippen LogP contribution in [0, 0.1) is 17.6 Å². The molecule has 0 saturated carbocycles. The van der Waals surface area contributed by atoms with Crippen molar-refractivity contribution in [3.05, 3.63) is 47.2 Å². The first kappa shape index (κ1) is 21.7. The van der Waals surface area contributed by atoms with Gasteiger partial charge in [0, 0.05) is 5.56 Å². The predicted octanol–water partition coefficient (Wildman–Crippen LogP) is 4.93. The van der Waals surface area contributed by atoms with Crippen molar-refractivity contribution in [3.8, 4) is 0 Å². The van der Waals surface area contributed by atoms with E-state index in [1.54, 1.807) is 0 Å². The molecule has 1 saturated heterocycles. The minimum atomic E-state index is -4.66. The van der Waals surface area contributed by atoms with Crippen LogP contribution in [0.25, 0.3) is 0 Å². The number of nitrogens with zero attached hydrogens (tertiary/aromatic N) is 3. The Balaban J connectivity index is 1.86. The van der Waals surface area contributed by atoms with Gasteiger partial charge in [-0.25, -0.2) is 18.6 Å². The Bertz CT molecular complexity index is 951. The van der Waals surface area contributed by atoms with Crippen molar-refractivity contribution < 1.29 is 31.5 Å². The van der Waals surface area contributed by atoms with Crippen molar-refractivity contribution in [2.45, 2.75) is 39.0 Å². The second-order valence-electron chi connectivity index (χ2n) is 7.22. The highest BCUT2D eigenvalue weighted by atomic mass is 19.4. The summed E-state index contributed by atoms with van der Waals surface area (Å²) in [6.07, 6.45) is -4.56. The molecule has 3 rings (SSSR count). The van der Waals surface area contributed by atoms with Crippen molar-refractivity contribution >= 4 is 17.9 Å². The Kier molecular flexibility index (Phi) is 5.82. The first-order chi connectivity index (χ1) is 14.0. The van der Waals surface area contributed by atoms with E-state index < -0.39 is 41.6 Å². The smallest absolute Gasteiger partial charge is 0.416 e. The number of carbonyl (C=O) groups excluding carboxylic acids is 1. The number of cyclic esters (lactones) is 1. The third-order valence-electron chi connectivity index (χ3n) is 4.77. The fourth-order valence-corrected chi connectivity index (χ4v) is 3.09. The Morgan fingerprint density at radius 1 is 1.20 bits per heavy atom. The molecule has 1 aliphatic heterocycles. The number of ether oxygens (including phenoxy) is 1. The molecule has 2 aromatic rings. The average molecular weight is 430 g/mol. The number of anilines is 2. The molecule has 0 unspecified atom stereocenters. The topological polar surface area (TPSA) is 67.3 Å². The van der Waals surface area contributed by atoms with Crippen LogP contribution in [0.1, 0.15) is 37.9 Å². The minimum absolute atomic E-state index is 0.0395. The maximum absolute atomic E-state index is 14.3. The highest BCUT2D eigenvalue weighted by Crippen LogP contribution is 2.32. The third kappa shape index (κ3) is 4.29. The molecule has 11 heteroatoms. The van der Waals surface area contributed by atoms with Crippen molar-refractivity contribution in [1.82, 2.24) is 9.97 Å². The molecule has 1 aromatic heterocycles. The molecule has 6 nitrogen and oxygen atoms in total. The maximum atomic E-state index is 14.3. The molecule has 1 amide bonds. The molecule has 0 bridgehead atoms. The molecule has 0 aliphatic carbocycles. The van der Waals surface area contributed by atoms with Crippen LogP contribution in [-0.4, -0.2) is 28.7 Å². The van der Waals surface area contributed by atoms with Crippen LogP contribution in [0.4, 0.5) is 38.5 Å². The Morgan fingerprint density at radius 2 is 1.90 bits per heavy atom. The SMILES string of the molecule is CC(C)[C@H]1COC(=O)N1c1nc(N[C@@H](C)c2ccc(C(F)(F)F)cc2F)ncc1F. The van der Waals surface area contributed by atoms with E-state index in [0.717, 1.165) is 23.2 Å². The number of amides is 1. The second kappa shape index (κ2) is 8.04. The van der Waals surface area contributed by atoms with Crippen LogP contribution in [0.2, 0.25) is 0 Å². The van der Waals surface area contributed by atoms with Crippen molar-refractivity contribution in [2.24, 2.45) is 5.92 Å². The predicted molar refractivity (Wildman–Crippen MR) is 97.9 cm³/mol. The van der Waals surface area contributed by atoms with Crippen LogP contribution in [-0.2, 0) is 10.9 Å². The van der Waals surface area contributed by atoms with Crippen molar-refractivity contribution in [3.63, 3.8) is 0 Å². The van der Waals surface area contributed by atoms with Crippen molar-refractivity contribution in [1.29, 1.82) is 0 Å². The number of nitrogens with one attached hydrogen (secondary N) is 1. The lowest BCUT2D eigenvalue weighted by molar-refractivity contribution is -0.137. The summed E-state index contributed by atoms with van der Waals surface area (Å²) in [7, 11) is 0. The standard InChI is InChI=1S/C19H19F5N4O2/c1-9(2)15-8-30-18(29)28(15)16-14(21)7-25-17(27-16)26-10(3)12-5-4-11(6-13(12)20)19(22,23)24/h4-7,9-10,15H,8H2,1-3H3,(H,25,26,27)/t10-,15+/m0/s1. The van der Waals surface area contributed by atoms with E-state index in [-0.39, 0.29) is 29.9 Å². The fourth-order valence-electron chi connectivity index (χ4n) is 3.09. The summed E-state index contributed by atoms with van der Waals surface area (Å²) in [5, 5.41) is 2.72. The molecule has 2 atom stereocenters. The lowest BCUT2D eigenvalue weighted by Gasteiger charge is -2.24. The third-order valence-corrected chi connectivity index (χ3v) is 4.77. The Labute approximate surface area is 169 Å². The van der Waals surface area contributed by atoms with Crippen molar-refractivity contribution in [2.75, 3.05) is 16.8 Å². The quantitative estimate of drug-likeness (QED) is 0.682. The van der Waals surface area contributed by atoms with E-state index in [2.05, 4.69) is 15.3 Å². The molecule has 30 heavy (non-hydrogen) atoms. The average Bonchev–Trinajstić information content (AvgIpc) is 3.04. The molecule has 1 N–H and O–H groups in total. The number of benzene rings is 1. The summed E-state index contributed by atoms with van der Waals surface area (Å²) in [5.41, 5.74) is -1.17. The van der Waals surface area contributed by atoms with Crippen LogP contribution in [0.3, 0.4) is 0 Å². The van der Waals surface area contributed by atoms with Gasteiger partial charge >= 0.3 is 12.3 Å². The molecule has 2 heterocycles. The Morgan fingerprint density at radius 3 is 2.50 bits per heavy atom. The monoisotopic (exact) mass is 430 g/mol. The van der Waals surface area contributed by atoms with E-state index in [0.29, 0.717) is 6.07 Å². The number of rotatable bonds is 5. The van der Waals surface area contributed by atoms with E-state index in [1.165, 1.54) is 6.92 Å². The minimum Gasteiger partial charge on any atom is -0.447 e. The van der Waals surface area contributed by atoms with Crippen LogP contribution in [0.15, 0.2) is 24.4 Å². The molecular formula is C19H19F5N4O2.